The molecule has 6 heteroatoms. The maximum absolute atomic E-state index is 12.1. The van der Waals surface area contributed by atoms with Gasteiger partial charge in [-0.05, 0) is 50.5 Å². The first kappa shape index (κ1) is 15.8. The Hall–Kier alpha value is -1.56. The summed E-state index contributed by atoms with van der Waals surface area (Å²) in [5.74, 6) is 0.481. The SMILES string of the molecule is CC1CCCCN1C(=O)COc1ccc(S(C)(=O)=O)cc1. The molecule has 21 heavy (non-hydrogen) atoms. The standard InChI is InChI=1S/C15H21NO4S/c1-12-5-3-4-10-16(12)15(17)11-20-13-6-8-14(9-7-13)21(2,18)19/h6-9,12H,3-5,10-11H2,1-2H3. The maximum Gasteiger partial charge on any atom is 0.260 e. The lowest BCUT2D eigenvalue weighted by molar-refractivity contribution is -0.136. The minimum atomic E-state index is -3.21. The fourth-order valence-corrected chi connectivity index (χ4v) is 3.11. The van der Waals surface area contributed by atoms with E-state index in [0.29, 0.717) is 5.75 Å². The molecule has 1 fully saturated rings. The molecule has 1 atom stereocenters. The lowest BCUT2D eigenvalue weighted by atomic mass is 10.0. The van der Waals surface area contributed by atoms with Gasteiger partial charge in [-0.3, -0.25) is 4.79 Å². The van der Waals surface area contributed by atoms with E-state index in [1.54, 1.807) is 12.1 Å². The normalized spacial score (nSPS) is 19.3. The van der Waals surface area contributed by atoms with E-state index in [4.69, 9.17) is 4.74 Å². The Labute approximate surface area is 125 Å². The zero-order chi connectivity index (χ0) is 15.5. The van der Waals surface area contributed by atoms with Crippen LogP contribution in [-0.2, 0) is 14.6 Å². The Morgan fingerprint density at radius 2 is 1.95 bits per heavy atom. The average Bonchev–Trinajstić information content (AvgIpc) is 2.45. The highest BCUT2D eigenvalue weighted by Crippen LogP contribution is 2.18. The summed E-state index contributed by atoms with van der Waals surface area (Å²) in [4.78, 5) is 14.2. The second-order valence-corrected chi connectivity index (χ2v) is 7.48. The van der Waals surface area contributed by atoms with Gasteiger partial charge in [0.05, 0.1) is 4.90 Å². The molecule has 1 saturated heterocycles. The predicted octanol–water partition coefficient (Wildman–Crippen LogP) is 1.87. The summed E-state index contributed by atoms with van der Waals surface area (Å²) in [5.41, 5.74) is 0. The van der Waals surface area contributed by atoms with Gasteiger partial charge in [0.15, 0.2) is 16.4 Å². The maximum atomic E-state index is 12.1. The highest BCUT2D eigenvalue weighted by Gasteiger charge is 2.23. The molecule has 1 unspecified atom stereocenters. The predicted molar refractivity (Wildman–Crippen MR) is 80.1 cm³/mol. The van der Waals surface area contributed by atoms with Crippen molar-refractivity contribution in [2.75, 3.05) is 19.4 Å². The van der Waals surface area contributed by atoms with Crippen molar-refractivity contribution in [1.29, 1.82) is 0 Å². The number of amides is 1. The third-order valence-electron chi connectivity index (χ3n) is 3.74. The Bertz CT molecular complexity index is 595. The van der Waals surface area contributed by atoms with Crippen molar-refractivity contribution in [2.24, 2.45) is 0 Å². The van der Waals surface area contributed by atoms with Crippen LogP contribution in [-0.4, -0.2) is 44.7 Å². The molecule has 0 bridgehead atoms. The summed E-state index contributed by atoms with van der Waals surface area (Å²) < 4.78 is 28.2. The van der Waals surface area contributed by atoms with Crippen molar-refractivity contribution in [3.8, 4) is 5.75 Å². The van der Waals surface area contributed by atoms with Crippen LogP contribution < -0.4 is 4.74 Å². The second kappa shape index (κ2) is 6.47. The number of benzene rings is 1. The van der Waals surface area contributed by atoms with Crippen molar-refractivity contribution in [3.63, 3.8) is 0 Å². The number of hydrogen-bond donors (Lipinski definition) is 0. The smallest absolute Gasteiger partial charge is 0.260 e. The molecule has 0 N–H and O–H groups in total. The number of carbonyl (C=O) groups excluding carboxylic acids is 1. The van der Waals surface area contributed by atoms with Crippen LogP contribution in [0.15, 0.2) is 29.2 Å². The lowest BCUT2D eigenvalue weighted by Crippen LogP contribution is -2.44. The number of sulfone groups is 1. The molecule has 1 aromatic rings. The van der Waals surface area contributed by atoms with Crippen molar-refractivity contribution in [2.45, 2.75) is 37.1 Å². The van der Waals surface area contributed by atoms with Crippen molar-refractivity contribution >= 4 is 15.7 Å². The molecular weight excluding hydrogens is 290 g/mol. The molecule has 1 aromatic carbocycles. The van der Waals surface area contributed by atoms with Crippen molar-refractivity contribution in [1.82, 2.24) is 4.90 Å². The molecule has 0 saturated carbocycles. The summed E-state index contributed by atoms with van der Waals surface area (Å²) in [6, 6.07) is 6.38. The first-order valence-electron chi connectivity index (χ1n) is 7.10. The fraction of sp³-hybridized carbons (Fsp3) is 0.533. The molecule has 0 aromatic heterocycles. The summed E-state index contributed by atoms with van der Waals surface area (Å²) in [6.07, 6.45) is 4.40. The Balaban J connectivity index is 1.92. The summed E-state index contributed by atoms with van der Waals surface area (Å²) in [6.45, 7) is 2.83. The quantitative estimate of drug-likeness (QED) is 0.851. The van der Waals surface area contributed by atoms with Gasteiger partial charge in [-0.2, -0.15) is 0 Å². The van der Waals surface area contributed by atoms with Gasteiger partial charge in [0.25, 0.3) is 5.91 Å². The number of rotatable bonds is 4. The van der Waals surface area contributed by atoms with E-state index in [-0.39, 0.29) is 23.5 Å². The summed E-state index contributed by atoms with van der Waals surface area (Å²) in [7, 11) is -3.21. The van der Waals surface area contributed by atoms with Gasteiger partial charge in [0.2, 0.25) is 0 Å². The molecule has 1 heterocycles. The topological polar surface area (TPSA) is 63.7 Å². The Kier molecular flexibility index (Phi) is 4.88. The highest BCUT2D eigenvalue weighted by atomic mass is 32.2. The van der Waals surface area contributed by atoms with Gasteiger partial charge in [-0.1, -0.05) is 0 Å². The van der Waals surface area contributed by atoms with Gasteiger partial charge in [-0.25, -0.2) is 8.42 Å². The largest absolute Gasteiger partial charge is 0.484 e. The third kappa shape index (κ3) is 4.20. The van der Waals surface area contributed by atoms with Gasteiger partial charge < -0.3 is 9.64 Å². The molecule has 1 aliphatic heterocycles. The first-order chi connectivity index (χ1) is 9.88. The van der Waals surface area contributed by atoms with Crippen LogP contribution in [0.3, 0.4) is 0 Å². The molecular formula is C15H21NO4S. The fourth-order valence-electron chi connectivity index (χ4n) is 2.48. The van der Waals surface area contributed by atoms with Crippen molar-refractivity contribution < 1.29 is 17.9 Å². The van der Waals surface area contributed by atoms with Gasteiger partial charge in [0.1, 0.15) is 5.75 Å². The van der Waals surface area contributed by atoms with Gasteiger partial charge in [0, 0.05) is 18.8 Å². The Morgan fingerprint density at radius 1 is 1.29 bits per heavy atom. The number of likely N-dealkylation sites (tertiary alicyclic amines) is 1. The van der Waals surface area contributed by atoms with E-state index >= 15 is 0 Å². The van der Waals surface area contributed by atoms with Crippen LogP contribution in [0.4, 0.5) is 0 Å². The van der Waals surface area contributed by atoms with E-state index < -0.39 is 9.84 Å². The number of ether oxygens (including phenoxy) is 1. The van der Waals surface area contributed by atoms with E-state index in [2.05, 4.69) is 6.92 Å². The monoisotopic (exact) mass is 311 g/mol. The minimum absolute atomic E-state index is 0.0113. The number of hydrogen-bond acceptors (Lipinski definition) is 4. The van der Waals surface area contributed by atoms with E-state index in [0.717, 1.165) is 25.6 Å². The highest BCUT2D eigenvalue weighted by molar-refractivity contribution is 7.90. The van der Waals surface area contributed by atoms with Gasteiger partial charge >= 0.3 is 0 Å². The van der Waals surface area contributed by atoms with Crippen LogP contribution in [0.25, 0.3) is 0 Å². The minimum Gasteiger partial charge on any atom is -0.484 e. The third-order valence-corrected chi connectivity index (χ3v) is 4.87. The number of piperidine rings is 1. The molecule has 2 rings (SSSR count). The molecule has 1 aliphatic rings. The molecule has 0 spiro atoms. The summed E-state index contributed by atoms with van der Waals surface area (Å²) >= 11 is 0. The van der Waals surface area contributed by atoms with Crippen LogP contribution in [0.5, 0.6) is 5.75 Å². The molecule has 0 aliphatic carbocycles. The number of nitrogens with zero attached hydrogens (tertiary/aromatic N) is 1. The zero-order valence-corrected chi connectivity index (χ0v) is 13.2. The van der Waals surface area contributed by atoms with Crippen LogP contribution in [0, 0.1) is 0 Å². The van der Waals surface area contributed by atoms with Crippen LogP contribution in [0.1, 0.15) is 26.2 Å². The molecule has 0 radical (unpaired) electrons. The van der Waals surface area contributed by atoms with E-state index in [9.17, 15) is 13.2 Å². The second-order valence-electron chi connectivity index (χ2n) is 5.46. The number of carbonyl (C=O) groups is 1. The van der Waals surface area contributed by atoms with Crippen LogP contribution >= 0.6 is 0 Å². The molecule has 5 nitrogen and oxygen atoms in total. The zero-order valence-electron chi connectivity index (χ0n) is 12.4. The molecule has 1 amide bonds. The summed E-state index contributed by atoms with van der Waals surface area (Å²) in [5, 5.41) is 0. The Morgan fingerprint density at radius 3 is 2.52 bits per heavy atom. The van der Waals surface area contributed by atoms with Gasteiger partial charge in [-0.15, -0.1) is 0 Å². The van der Waals surface area contributed by atoms with E-state index in [1.807, 2.05) is 4.90 Å². The average molecular weight is 311 g/mol. The first-order valence-corrected chi connectivity index (χ1v) is 8.99. The van der Waals surface area contributed by atoms with E-state index in [1.165, 1.54) is 18.6 Å². The van der Waals surface area contributed by atoms with Crippen molar-refractivity contribution in [3.05, 3.63) is 24.3 Å². The lowest BCUT2D eigenvalue weighted by Gasteiger charge is -2.33. The van der Waals surface area contributed by atoms with Crippen LogP contribution in [0.2, 0.25) is 0 Å². The molecule has 116 valence electrons.